The zero-order valence-corrected chi connectivity index (χ0v) is 8.08. The summed E-state index contributed by atoms with van der Waals surface area (Å²) < 4.78 is 0. The Morgan fingerprint density at radius 1 is 1.67 bits per heavy atom. The zero-order valence-electron chi connectivity index (χ0n) is 8.08. The maximum atomic E-state index is 10.1. The first-order valence-corrected chi connectivity index (χ1v) is 4.70. The van der Waals surface area contributed by atoms with Crippen LogP contribution < -0.4 is 5.73 Å². The SMILES string of the molecule is CC1CC(O)(CCN)CCN1C. The fourth-order valence-electron chi connectivity index (χ4n) is 1.91. The van der Waals surface area contributed by atoms with E-state index in [0.29, 0.717) is 12.6 Å². The Morgan fingerprint density at radius 3 is 2.83 bits per heavy atom. The highest BCUT2D eigenvalue weighted by Crippen LogP contribution is 2.28. The van der Waals surface area contributed by atoms with Crippen LogP contribution in [0.5, 0.6) is 0 Å². The first-order chi connectivity index (χ1) is 5.57. The van der Waals surface area contributed by atoms with Gasteiger partial charge in [0.25, 0.3) is 0 Å². The van der Waals surface area contributed by atoms with Crippen molar-refractivity contribution < 1.29 is 5.11 Å². The normalized spacial score (nSPS) is 38.5. The van der Waals surface area contributed by atoms with Gasteiger partial charge in [-0.1, -0.05) is 0 Å². The summed E-state index contributed by atoms with van der Waals surface area (Å²) in [6.45, 7) is 3.73. The summed E-state index contributed by atoms with van der Waals surface area (Å²) >= 11 is 0. The molecule has 2 atom stereocenters. The molecule has 3 heteroatoms. The van der Waals surface area contributed by atoms with Gasteiger partial charge in [-0.15, -0.1) is 0 Å². The van der Waals surface area contributed by atoms with Crippen molar-refractivity contribution in [3.8, 4) is 0 Å². The van der Waals surface area contributed by atoms with Gasteiger partial charge in [0.2, 0.25) is 0 Å². The predicted molar refractivity (Wildman–Crippen MR) is 49.9 cm³/mol. The molecule has 3 N–H and O–H groups in total. The molecule has 3 nitrogen and oxygen atoms in total. The van der Waals surface area contributed by atoms with E-state index in [-0.39, 0.29) is 0 Å². The third kappa shape index (κ3) is 2.19. The summed E-state index contributed by atoms with van der Waals surface area (Å²) in [5.74, 6) is 0. The van der Waals surface area contributed by atoms with Crippen LogP contribution in [0.1, 0.15) is 26.2 Å². The summed E-state index contributed by atoms with van der Waals surface area (Å²) in [4.78, 5) is 2.28. The van der Waals surface area contributed by atoms with Crippen LogP contribution in [0.3, 0.4) is 0 Å². The van der Waals surface area contributed by atoms with Crippen molar-refractivity contribution >= 4 is 0 Å². The fraction of sp³-hybridized carbons (Fsp3) is 1.00. The highest BCUT2D eigenvalue weighted by atomic mass is 16.3. The quantitative estimate of drug-likeness (QED) is 0.625. The lowest BCUT2D eigenvalue weighted by Gasteiger charge is -2.40. The standard InChI is InChI=1S/C9H20N2O/c1-8-7-9(12,3-5-10)4-6-11(8)2/h8,12H,3-7,10H2,1-2H3. The highest BCUT2D eigenvalue weighted by molar-refractivity contribution is 4.89. The number of hydrogen-bond acceptors (Lipinski definition) is 3. The van der Waals surface area contributed by atoms with Crippen LogP contribution >= 0.6 is 0 Å². The predicted octanol–water partition coefficient (Wildman–Crippen LogP) is 0.180. The molecule has 1 aliphatic rings. The monoisotopic (exact) mass is 172 g/mol. The van der Waals surface area contributed by atoms with Crippen LogP contribution in [-0.4, -0.2) is 41.8 Å². The highest BCUT2D eigenvalue weighted by Gasteiger charge is 2.33. The van der Waals surface area contributed by atoms with Gasteiger partial charge in [-0.05, 0) is 39.8 Å². The Labute approximate surface area is 74.5 Å². The minimum Gasteiger partial charge on any atom is -0.390 e. The van der Waals surface area contributed by atoms with Gasteiger partial charge in [-0.3, -0.25) is 0 Å². The Hall–Kier alpha value is -0.120. The van der Waals surface area contributed by atoms with Gasteiger partial charge in [-0.2, -0.15) is 0 Å². The number of aliphatic hydroxyl groups is 1. The number of likely N-dealkylation sites (tertiary alicyclic amines) is 1. The molecule has 12 heavy (non-hydrogen) atoms. The molecule has 1 saturated heterocycles. The number of nitrogens with zero attached hydrogens (tertiary/aromatic N) is 1. The number of hydrogen-bond donors (Lipinski definition) is 2. The van der Waals surface area contributed by atoms with E-state index in [9.17, 15) is 5.11 Å². The van der Waals surface area contributed by atoms with E-state index in [0.717, 1.165) is 25.8 Å². The first kappa shape index (κ1) is 9.96. The van der Waals surface area contributed by atoms with Crippen LogP contribution in [-0.2, 0) is 0 Å². The van der Waals surface area contributed by atoms with Crippen molar-refractivity contribution in [3.63, 3.8) is 0 Å². The number of piperidine rings is 1. The number of nitrogens with two attached hydrogens (primary N) is 1. The molecule has 1 aliphatic heterocycles. The second kappa shape index (κ2) is 3.73. The van der Waals surface area contributed by atoms with Crippen LogP contribution in [0.15, 0.2) is 0 Å². The van der Waals surface area contributed by atoms with E-state index in [1.807, 2.05) is 0 Å². The molecule has 0 bridgehead atoms. The van der Waals surface area contributed by atoms with E-state index >= 15 is 0 Å². The summed E-state index contributed by atoms with van der Waals surface area (Å²) in [6, 6.07) is 0.482. The van der Waals surface area contributed by atoms with Crippen molar-refractivity contribution in [3.05, 3.63) is 0 Å². The molecule has 0 aromatic rings. The summed E-state index contributed by atoms with van der Waals surface area (Å²) in [7, 11) is 2.10. The van der Waals surface area contributed by atoms with Gasteiger partial charge >= 0.3 is 0 Å². The molecule has 0 amide bonds. The van der Waals surface area contributed by atoms with E-state index in [1.165, 1.54) is 0 Å². The smallest absolute Gasteiger partial charge is 0.0686 e. The fourth-order valence-corrected chi connectivity index (χ4v) is 1.91. The summed E-state index contributed by atoms with van der Waals surface area (Å²) in [5.41, 5.74) is 4.97. The van der Waals surface area contributed by atoms with E-state index in [2.05, 4.69) is 18.9 Å². The molecule has 1 rings (SSSR count). The second-order valence-electron chi connectivity index (χ2n) is 4.05. The van der Waals surface area contributed by atoms with Crippen LogP contribution in [0.2, 0.25) is 0 Å². The van der Waals surface area contributed by atoms with Gasteiger partial charge in [-0.25, -0.2) is 0 Å². The molecule has 0 spiro atoms. The molecule has 1 fully saturated rings. The molecule has 0 radical (unpaired) electrons. The minimum atomic E-state index is -0.485. The minimum absolute atomic E-state index is 0.482. The molecule has 1 heterocycles. The van der Waals surface area contributed by atoms with Crippen LogP contribution in [0, 0.1) is 0 Å². The first-order valence-electron chi connectivity index (χ1n) is 4.70. The largest absolute Gasteiger partial charge is 0.390 e. The van der Waals surface area contributed by atoms with Gasteiger partial charge in [0.15, 0.2) is 0 Å². The van der Waals surface area contributed by atoms with E-state index in [1.54, 1.807) is 0 Å². The van der Waals surface area contributed by atoms with Crippen LogP contribution in [0.4, 0.5) is 0 Å². The van der Waals surface area contributed by atoms with Crippen molar-refractivity contribution in [2.24, 2.45) is 5.73 Å². The van der Waals surface area contributed by atoms with Crippen molar-refractivity contribution in [1.82, 2.24) is 4.90 Å². The third-order valence-electron chi connectivity index (χ3n) is 2.97. The lowest BCUT2D eigenvalue weighted by atomic mass is 9.85. The lowest BCUT2D eigenvalue weighted by molar-refractivity contribution is -0.0399. The molecule has 0 aromatic heterocycles. The van der Waals surface area contributed by atoms with Crippen LogP contribution in [0.25, 0.3) is 0 Å². The van der Waals surface area contributed by atoms with Crippen molar-refractivity contribution in [2.75, 3.05) is 20.1 Å². The van der Waals surface area contributed by atoms with Gasteiger partial charge in [0.1, 0.15) is 0 Å². The lowest BCUT2D eigenvalue weighted by Crippen LogP contribution is -2.48. The topological polar surface area (TPSA) is 49.5 Å². The Morgan fingerprint density at radius 2 is 2.33 bits per heavy atom. The molecule has 0 aromatic carbocycles. The Bertz CT molecular complexity index is 151. The molecular weight excluding hydrogens is 152 g/mol. The third-order valence-corrected chi connectivity index (χ3v) is 2.97. The number of rotatable bonds is 2. The molecule has 2 unspecified atom stereocenters. The van der Waals surface area contributed by atoms with Gasteiger partial charge < -0.3 is 15.7 Å². The average molecular weight is 172 g/mol. The van der Waals surface area contributed by atoms with Crippen molar-refractivity contribution in [1.29, 1.82) is 0 Å². The molecular formula is C9H20N2O. The average Bonchev–Trinajstić information content (AvgIpc) is 1.98. The molecule has 0 aliphatic carbocycles. The molecule has 0 saturated carbocycles. The van der Waals surface area contributed by atoms with E-state index < -0.39 is 5.60 Å². The maximum absolute atomic E-state index is 10.1. The molecule has 72 valence electrons. The Balaban J connectivity index is 2.48. The summed E-state index contributed by atoms with van der Waals surface area (Å²) in [6.07, 6.45) is 2.47. The van der Waals surface area contributed by atoms with E-state index in [4.69, 9.17) is 5.73 Å². The zero-order chi connectivity index (χ0) is 9.19. The van der Waals surface area contributed by atoms with Gasteiger partial charge in [0, 0.05) is 12.6 Å². The second-order valence-corrected chi connectivity index (χ2v) is 4.05. The maximum Gasteiger partial charge on any atom is 0.0686 e. The summed E-state index contributed by atoms with van der Waals surface area (Å²) in [5, 5.41) is 10.1. The van der Waals surface area contributed by atoms with Crippen molar-refractivity contribution in [2.45, 2.75) is 37.8 Å². The Kier molecular flexibility index (Phi) is 3.09. The van der Waals surface area contributed by atoms with Gasteiger partial charge in [0.05, 0.1) is 5.60 Å².